The van der Waals surface area contributed by atoms with Crippen molar-refractivity contribution >= 4 is 11.5 Å². The van der Waals surface area contributed by atoms with Gasteiger partial charge < -0.3 is 10.4 Å². The van der Waals surface area contributed by atoms with Crippen molar-refractivity contribution in [2.45, 2.75) is 45.3 Å². The van der Waals surface area contributed by atoms with Gasteiger partial charge in [0.05, 0.1) is 5.60 Å². The van der Waals surface area contributed by atoms with E-state index < -0.39 is 5.60 Å². The van der Waals surface area contributed by atoms with Crippen LogP contribution in [0.1, 0.15) is 54.7 Å². The summed E-state index contributed by atoms with van der Waals surface area (Å²) in [6, 6.07) is 15.3. The highest BCUT2D eigenvalue weighted by Crippen LogP contribution is 2.33. The highest BCUT2D eigenvalue weighted by atomic mass is 16.3. The predicted molar refractivity (Wildman–Crippen MR) is 101 cm³/mol. The molecular weight excluding hydrogens is 310 g/mol. The van der Waals surface area contributed by atoms with Crippen molar-refractivity contribution in [1.29, 1.82) is 0 Å². The van der Waals surface area contributed by atoms with Crippen LogP contribution in [0.5, 0.6) is 0 Å². The normalized spacial score (nSPS) is 17.7. The van der Waals surface area contributed by atoms with Gasteiger partial charge in [0.25, 0.3) is 0 Å². The average Bonchev–Trinajstić information content (AvgIpc) is 2.53. The Kier molecular flexibility index (Phi) is 4.29. The first kappa shape index (κ1) is 17.4. The summed E-state index contributed by atoms with van der Waals surface area (Å²) in [7, 11) is 0. The molecule has 2 N–H and O–H groups in total. The van der Waals surface area contributed by atoms with E-state index in [4.69, 9.17) is 0 Å². The molecule has 1 aliphatic heterocycles. The zero-order valence-corrected chi connectivity index (χ0v) is 15.3. The van der Waals surface area contributed by atoms with E-state index in [2.05, 4.69) is 25.2 Å². The fourth-order valence-electron chi connectivity index (χ4n) is 3.24. The van der Waals surface area contributed by atoms with Crippen LogP contribution >= 0.6 is 0 Å². The van der Waals surface area contributed by atoms with Crippen LogP contribution < -0.4 is 5.32 Å². The predicted octanol–water partition coefficient (Wildman–Crippen LogP) is 4.06. The molecule has 0 unspecified atom stereocenters. The average molecular weight is 335 g/mol. The van der Waals surface area contributed by atoms with Crippen LogP contribution in [0.2, 0.25) is 0 Å². The van der Waals surface area contributed by atoms with Gasteiger partial charge in [-0.3, -0.25) is 4.79 Å². The molecule has 1 heterocycles. The Balaban J connectivity index is 2.08. The molecule has 3 rings (SSSR count). The van der Waals surface area contributed by atoms with Crippen LogP contribution in [0.15, 0.2) is 54.6 Å². The molecule has 25 heavy (non-hydrogen) atoms. The third-order valence-electron chi connectivity index (χ3n) is 4.55. The minimum Gasteiger partial charge on any atom is -0.386 e. The molecule has 0 bridgehead atoms. The maximum absolute atomic E-state index is 12.6. The molecule has 0 atom stereocenters. The van der Waals surface area contributed by atoms with Gasteiger partial charge in [-0.05, 0) is 51.3 Å². The maximum Gasteiger partial charge on any atom is 0.187 e. The maximum atomic E-state index is 12.6. The number of benzene rings is 2. The van der Waals surface area contributed by atoms with E-state index in [9.17, 15) is 9.90 Å². The summed E-state index contributed by atoms with van der Waals surface area (Å²) in [5.41, 5.74) is 3.44. The summed E-state index contributed by atoms with van der Waals surface area (Å²) in [5, 5.41) is 13.8. The van der Waals surface area contributed by atoms with Gasteiger partial charge in [-0.15, -0.1) is 0 Å². The van der Waals surface area contributed by atoms with Crippen molar-refractivity contribution in [1.82, 2.24) is 5.32 Å². The Morgan fingerprint density at radius 3 is 2.48 bits per heavy atom. The van der Waals surface area contributed by atoms with E-state index in [0.717, 1.165) is 23.2 Å². The lowest BCUT2D eigenvalue weighted by Gasteiger charge is -2.36. The second-order valence-corrected chi connectivity index (χ2v) is 7.90. The molecule has 0 saturated heterocycles. The summed E-state index contributed by atoms with van der Waals surface area (Å²) in [6.45, 7) is 7.79. The Hall–Kier alpha value is -2.39. The van der Waals surface area contributed by atoms with Crippen LogP contribution in [0.4, 0.5) is 0 Å². The van der Waals surface area contributed by atoms with Crippen molar-refractivity contribution in [3.05, 3.63) is 76.9 Å². The standard InChI is InChI=1S/C22H25NO2/c1-21(2)14-16-10-11-17(22(3,4)25)12-18(16)19(23-21)13-20(24)15-8-6-5-7-9-15/h5-13,23,25H,14H2,1-4H3/b19-13-. The SMILES string of the molecule is CC1(C)Cc2ccc(C(C)(C)O)cc2/C(=C/C(=O)c2ccccc2)N1. The first-order valence-electron chi connectivity index (χ1n) is 8.61. The largest absolute Gasteiger partial charge is 0.386 e. The second-order valence-electron chi connectivity index (χ2n) is 7.90. The molecule has 0 aliphatic carbocycles. The second kappa shape index (κ2) is 6.16. The third-order valence-corrected chi connectivity index (χ3v) is 4.55. The highest BCUT2D eigenvalue weighted by molar-refractivity contribution is 6.08. The first-order valence-corrected chi connectivity index (χ1v) is 8.61. The van der Waals surface area contributed by atoms with Crippen LogP contribution in [-0.2, 0) is 12.0 Å². The zero-order valence-electron chi connectivity index (χ0n) is 15.3. The lowest BCUT2D eigenvalue weighted by molar-refractivity contribution is 0.0785. The highest BCUT2D eigenvalue weighted by Gasteiger charge is 2.29. The molecule has 130 valence electrons. The molecule has 0 saturated carbocycles. The molecule has 1 aliphatic rings. The Morgan fingerprint density at radius 2 is 1.84 bits per heavy atom. The molecule has 0 radical (unpaired) electrons. The number of nitrogens with one attached hydrogen (secondary N) is 1. The van der Waals surface area contributed by atoms with Gasteiger partial charge in [-0.1, -0.05) is 42.5 Å². The number of aliphatic hydroxyl groups is 1. The van der Waals surface area contributed by atoms with E-state index >= 15 is 0 Å². The third kappa shape index (κ3) is 3.83. The van der Waals surface area contributed by atoms with E-state index in [0.29, 0.717) is 5.56 Å². The Labute approximate surface area is 149 Å². The van der Waals surface area contributed by atoms with Gasteiger partial charge in [0, 0.05) is 28.4 Å². The monoisotopic (exact) mass is 335 g/mol. The smallest absolute Gasteiger partial charge is 0.187 e. The summed E-state index contributed by atoms with van der Waals surface area (Å²) >= 11 is 0. The van der Waals surface area contributed by atoms with Crippen LogP contribution in [-0.4, -0.2) is 16.4 Å². The minimum atomic E-state index is -0.920. The number of rotatable bonds is 3. The van der Waals surface area contributed by atoms with Gasteiger partial charge >= 0.3 is 0 Å². The Morgan fingerprint density at radius 1 is 1.16 bits per heavy atom. The topological polar surface area (TPSA) is 49.3 Å². The Bertz CT molecular complexity index is 827. The van der Waals surface area contributed by atoms with Crippen molar-refractivity contribution < 1.29 is 9.90 Å². The van der Waals surface area contributed by atoms with Crippen molar-refractivity contribution in [2.24, 2.45) is 0 Å². The summed E-state index contributed by atoms with van der Waals surface area (Å²) in [6.07, 6.45) is 2.54. The number of hydrogen-bond acceptors (Lipinski definition) is 3. The quantitative estimate of drug-likeness (QED) is 0.657. The van der Waals surface area contributed by atoms with Gasteiger partial charge in [-0.2, -0.15) is 0 Å². The van der Waals surface area contributed by atoms with Gasteiger partial charge in [0.1, 0.15) is 0 Å². The summed E-state index contributed by atoms with van der Waals surface area (Å²) in [5.74, 6) is -0.0274. The van der Waals surface area contributed by atoms with Gasteiger partial charge in [0.15, 0.2) is 5.78 Å². The molecule has 3 heteroatoms. The number of hydrogen-bond donors (Lipinski definition) is 2. The van der Waals surface area contributed by atoms with Crippen molar-refractivity contribution in [2.75, 3.05) is 0 Å². The lowest BCUT2D eigenvalue weighted by Crippen LogP contribution is -2.44. The first-order chi connectivity index (χ1) is 11.7. The number of carbonyl (C=O) groups is 1. The zero-order chi connectivity index (χ0) is 18.2. The van der Waals surface area contributed by atoms with E-state index in [1.54, 1.807) is 19.9 Å². The number of fused-ring (bicyclic) bond motifs is 1. The molecule has 2 aromatic carbocycles. The van der Waals surface area contributed by atoms with Crippen LogP contribution in [0, 0.1) is 0 Å². The fraction of sp³-hybridized carbons (Fsp3) is 0.318. The lowest BCUT2D eigenvalue weighted by atomic mass is 9.83. The molecular formula is C22H25NO2. The van der Waals surface area contributed by atoms with Crippen LogP contribution in [0.3, 0.4) is 0 Å². The van der Waals surface area contributed by atoms with E-state index in [1.165, 1.54) is 5.56 Å². The van der Waals surface area contributed by atoms with Crippen molar-refractivity contribution in [3.63, 3.8) is 0 Å². The van der Waals surface area contributed by atoms with E-state index in [-0.39, 0.29) is 11.3 Å². The molecule has 0 aromatic heterocycles. The van der Waals surface area contributed by atoms with Gasteiger partial charge in [0.2, 0.25) is 0 Å². The van der Waals surface area contributed by atoms with Crippen molar-refractivity contribution in [3.8, 4) is 0 Å². The number of carbonyl (C=O) groups excluding carboxylic acids is 1. The molecule has 3 nitrogen and oxygen atoms in total. The number of allylic oxidation sites excluding steroid dienone is 1. The summed E-state index contributed by atoms with van der Waals surface area (Å²) in [4.78, 5) is 12.6. The summed E-state index contributed by atoms with van der Waals surface area (Å²) < 4.78 is 0. The van der Waals surface area contributed by atoms with Crippen LogP contribution in [0.25, 0.3) is 5.70 Å². The molecule has 2 aromatic rings. The molecule has 0 amide bonds. The van der Waals surface area contributed by atoms with Gasteiger partial charge in [-0.25, -0.2) is 0 Å². The number of ketones is 1. The van der Waals surface area contributed by atoms with E-state index in [1.807, 2.05) is 42.5 Å². The fourth-order valence-corrected chi connectivity index (χ4v) is 3.24. The minimum absolute atomic E-state index is 0.0274. The molecule has 0 spiro atoms. The molecule has 0 fully saturated rings.